The van der Waals surface area contributed by atoms with Gasteiger partial charge in [0, 0.05) is 0 Å². The molecule has 0 saturated carbocycles. The van der Waals surface area contributed by atoms with Crippen molar-refractivity contribution in [3.05, 3.63) is 35.7 Å². The number of anilines is 2. The molecule has 0 spiro atoms. The van der Waals surface area contributed by atoms with Crippen molar-refractivity contribution in [2.24, 2.45) is 0 Å². The number of rotatable bonds is 7. The van der Waals surface area contributed by atoms with E-state index in [-0.39, 0.29) is 21.7 Å². The number of nitrogens with one attached hydrogen (secondary N) is 1. The van der Waals surface area contributed by atoms with E-state index < -0.39 is 33.6 Å². The number of aromatic nitrogens is 2. The lowest BCUT2D eigenvalue weighted by atomic mass is 10.3. The lowest BCUT2D eigenvalue weighted by Gasteiger charge is -2.17. The van der Waals surface area contributed by atoms with Crippen molar-refractivity contribution < 1.29 is 26.3 Å². The van der Waals surface area contributed by atoms with E-state index in [0.717, 1.165) is 6.20 Å². The van der Waals surface area contributed by atoms with Gasteiger partial charge < -0.3 is 10.1 Å². The predicted octanol–water partition coefficient (Wildman–Crippen LogP) is 4.00. The van der Waals surface area contributed by atoms with Crippen LogP contribution in [0, 0.1) is 0 Å². The Hall–Kier alpha value is -2.07. The fourth-order valence-electron chi connectivity index (χ4n) is 1.90. The zero-order valence-electron chi connectivity index (χ0n) is 13.7. The van der Waals surface area contributed by atoms with Gasteiger partial charge >= 0.3 is 6.43 Å². The van der Waals surface area contributed by atoms with Gasteiger partial charge in [0.25, 0.3) is 6.36 Å². The summed E-state index contributed by atoms with van der Waals surface area (Å²) in [5.41, 5.74) is 0.105. The van der Waals surface area contributed by atoms with Gasteiger partial charge in [0.1, 0.15) is 0 Å². The number of para-hydroxylation sites is 1. The second-order valence-electron chi connectivity index (χ2n) is 5.37. The van der Waals surface area contributed by atoms with Gasteiger partial charge in [0.2, 0.25) is 5.28 Å². The Balaban J connectivity index is 2.45. The molecule has 142 valence electrons. The van der Waals surface area contributed by atoms with E-state index in [1.54, 1.807) is 6.07 Å². The number of halogens is 4. The Morgan fingerprint density at radius 2 is 1.85 bits per heavy atom. The summed E-state index contributed by atoms with van der Waals surface area (Å²) in [5.74, 6) is -0.696. The van der Waals surface area contributed by atoms with Crippen molar-refractivity contribution in [1.82, 2.24) is 9.97 Å². The monoisotopic (exact) mass is 409 g/mol. The molecule has 0 radical (unpaired) electrons. The van der Waals surface area contributed by atoms with Gasteiger partial charge in [0.15, 0.2) is 21.4 Å². The van der Waals surface area contributed by atoms with Gasteiger partial charge in [0.05, 0.1) is 22.0 Å². The van der Waals surface area contributed by atoms with Gasteiger partial charge in [-0.2, -0.15) is 9.37 Å². The molecule has 0 bridgehead atoms. The average Bonchev–Trinajstić information content (AvgIpc) is 2.57. The number of ether oxygens (including phenoxy) is 1. The Kier molecular flexibility index (Phi) is 6.30. The maximum absolute atomic E-state index is 13.2. The van der Waals surface area contributed by atoms with E-state index in [1.165, 1.54) is 32.0 Å². The maximum Gasteiger partial charge on any atom is 0.304 e. The minimum atomic E-state index is -3.66. The summed E-state index contributed by atoms with van der Waals surface area (Å²) in [4.78, 5) is 7.27. The number of benzene rings is 1. The smallest absolute Gasteiger partial charge is 0.304 e. The maximum atomic E-state index is 13.2. The van der Waals surface area contributed by atoms with Crippen molar-refractivity contribution in [3.8, 4) is 5.75 Å². The van der Waals surface area contributed by atoms with Crippen molar-refractivity contribution in [2.75, 3.05) is 5.32 Å². The van der Waals surface area contributed by atoms with Crippen LogP contribution < -0.4 is 10.1 Å². The van der Waals surface area contributed by atoms with Gasteiger partial charge in [-0.05, 0) is 37.6 Å². The largest absolute Gasteiger partial charge is 0.449 e. The first-order chi connectivity index (χ1) is 12.1. The van der Waals surface area contributed by atoms with E-state index >= 15 is 0 Å². The molecule has 0 fully saturated rings. The third-order valence-electron chi connectivity index (χ3n) is 3.23. The van der Waals surface area contributed by atoms with Gasteiger partial charge in [-0.1, -0.05) is 12.1 Å². The topological polar surface area (TPSA) is 81.2 Å². The van der Waals surface area contributed by atoms with Gasteiger partial charge in [-0.25, -0.2) is 22.2 Å². The van der Waals surface area contributed by atoms with Crippen molar-refractivity contribution in [1.29, 1.82) is 0 Å². The van der Waals surface area contributed by atoms with Gasteiger partial charge in [-0.15, -0.1) is 0 Å². The predicted molar refractivity (Wildman–Crippen MR) is 90.6 cm³/mol. The quantitative estimate of drug-likeness (QED) is 0.696. The van der Waals surface area contributed by atoms with E-state index in [2.05, 4.69) is 20.0 Å². The summed E-state index contributed by atoms with van der Waals surface area (Å²) >= 11 is 5.68. The van der Waals surface area contributed by atoms with Gasteiger partial charge in [-0.3, -0.25) is 0 Å². The third-order valence-corrected chi connectivity index (χ3v) is 5.62. The second kappa shape index (κ2) is 8.09. The summed E-state index contributed by atoms with van der Waals surface area (Å²) in [5, 5.41) is 1.66. The van der Waals surface area contributed by atoms with Crippen LogP contribution in [0.1, 0.15) is 13.8 Å². The fraction of sp³-hybridized carbons (Fsp3) is 0.333. The first kappa shape index (κ1) is 20.2. The minimum Gasteiger partial charge on any atom is -0.449 e. The second-order valence-corrected chi connectivity index (χ2v) is 8.18. The third kappa shape index (κ3) is 4.55. The first-order valence-electron chi connectivity index (χ1n) is 7.34. The molecule has 1 unspecified atom stereocenters. The molecule has 1 aromatic carbocycles. The fourth-order valence-corrected chi connectivity index (χ4v) is 3.23. The highest BCUT2D eigenvalue weighted by atomic mass is 35.5. The number of sulfone groups is 1. The summed E-state index contributed by atoms with van der Waals surface area (Å²) in [6.45, 7) is 3.02. The number of alkyl halides is 3. The normalized spacial score (nSPS) is 13.1. The van der Waals surface area contributed by atoms with Crippen molar-refractivity contribution in [2.45, 2.75) is 36.8 Å². The molecule has 11 heteroatoms. The number of hydrogen-bond acceptors (Lipinski definition) is 6. The summed E-state index contributed by atoms with van der Waals surface area (Å²) in [7, 11) is -3.66. The highest BCUT2D eigenvalue weighted by Crippen LogP contribution is 2.32. The molecule has 2 rings (SSSR count). The molecule has 1 atom stereocenters. The summed E-state index contributed by atoms with van der Waals surface area (Å²) in [6, 6.07) is 5.90. The molecule has 0 amide bonds. The molecule has 0 aliphatic heterocycles. The Morgan fingerprint density at radius 3 is 2.46 bits per heavy atom. The summed E-state index contributed by atoms with van der Waals surface area (Å²) < 4.78 is 67.4. The van der Waals surface area contributed by atoms with E-state index in [4.69, 9.17) is 11.6 Å². The van der Waals surface area contributed by atoms with Crippen LogP contribution in [-0.4, -0.2) is 36.4 Å². The number of nitrogens with zero attached hydrogens (tertiary/aromatic N) is 2. The number of hydrogen-bond donors (Lipinski definition) is 1. The van der Waals surface area contributed by atoms with Crippen LogP contribution in [0.25, 0.3) is 0 Å². The molecule has 26 heavy (non-hydrogen) atoms. The Bertz CT molecular complexity index is 881. The highest BCUT2D eigenvalue weighted by molar-refractivity contribution is 7.92. The van der Waals surface area contributed by atoms with Crippen molar-refractivity contribution in [3.63, 3.8) is 0 Å². The van der Waals surface area contributed by atoms with Crippen LogP contribution in [0.15, 0.2) is 35.4 Å². The van der Waals surface area contributed by atoms with E-state index in [9.17, 15) is 21.6 Å². The van der Waals surface area contributed by atoms with E-state index in [0.29, 0.717) is 0 Å². The van der Waals surface area contributed by atoms with Crippen LogP contribution >= 0.6 is 11.6 Å². The zero-order valence-corrected chi connectivity index (χ0v) is 15.2. The van der Waals surface area contributed by atoms with Crippen LogP contribution in [0.5, 0.6) is 5.75 Å². The average molecular weight is 410 g/mol. The van der Waals surface area contributed by atoms with Crippen LogP contribution in [-0.2, 0) is 9.84 Å². The molecule has 1 heterocycles. The molecule has 1 N–H and O–H groups in total. The SMILES string of the molecule is CC(C)S(=O)(=O)c1ccccc1Nc1nc(Cl)ncc1OC(F)C(F)F. The molecular formula is C15H15ClF3N3O3S. The standard InChI is InChI=1S/C15H15ClF3N3O3S/c1-8(2)26(23,24)11-6-4-3-5-9(11)21-14-10(7-20-15(16)22-14)25-13(19)12(17)18/h3-8,12-13H,1-2H3,(H,20,21,22). The molecule has 6 nitrogen and oxygen atoms in total. The molecule has 2 aromatic rings. The first-order valence-corrected chi connectivity index (χ1v) is 9.26. The van der Waals surface area contributed by atoms with E-state index in [1.807, 2.05) is 0 Å². The van der Waals surface area contributed by atoms with Crippen LogP contribution in [0.4, 0.5) is 24.7 Å². The Morgan fingerprint density at radius 1 is 1.19 bits per heavy atom. The Labute approximate surface area is 153 Å². The molecule has 0 aliphatic rings. The van der Waals surface area contributed by atoms with Crippen LogP contribution in [0.3, 0.4) is 0 Å². The minimum absolute atomic E-state index is 0.0404. The molecule has 1 aromatic heterocycles. The molecular weight excluding hydrogens is 395 g/mol. The molecule has 0 saturated heterocycles. The molecule has 0 aliphatic carbocycles. The highest BCUT2D eigenvalue weighted by Gasteiger charge is 2.25. The summed E-state index contributed by atoms with van der Waals surface area (Å²) in [6.07, 6.45) is -5.38. The van der Waals surface area contributed by atoms with Crippen LogP contribution in [0.2, 0.25) is 5.28 Å². The van der Waals surface area contributed by atoms with Crippen molar-refractivity contribution >= 4 is 32.9 Å². The lowest BCUT2D eigenvalue weighted by molar-refractivity contribution is -0.0668. The lowest BCUT2D eigenvalue weighted by Crippen LogP contribution is -2.20. The zero-order chi connectivity index (χ0) is 19.5.